The third-order valence-electron chi connectivity index (χ3n) is 2.93. The quantitative estimate of drug-likeness (QED) is 0.690. The summed E-state index contributed by atoms with van der Waals surface area (Å²) in [5.74, 6) is 0.467. The van der Waals surface area contributed by atoms with Crippen molar-refractivity contribution in [1.82, 2.24) is 9.55 Å². The first-order chi connectivity index (χ1) is 9.09. The Labute approximate surface area is 111 Å². The molecule has 1 aromatic carbocycles. The molecule has 0 aliphatic rings. The van der Waals surface area contributed by atoms with Crippen LogP contribution in [0.4, 0.5) is 11.4 Å². The second-order valence-electron chi connectivity index (χ2n) is 4.27. The molecule has 1 heterocycles. The van der Waals surface area contributed by atoms with Gasteiger partial charge in [-0.05, 0) is 12.1 Å². The molecule has 0 fully saturated rings. The number of imidazole rings is 1. The van der Waals surface area contributed by atoms with Crippen molar-refractivity contribution in [2.45, 2.75) is 6.42 Å². The highest BCUT2D eigenvalue weighted by molar-refractivity contribution is 6.01. The van der Waals surface area contributed by atoms with Crippen LogP contribution in [-0.4, -0.2) is 22.0 Å². The predicted octanol–water partition coefficient (Wildman–Crippen LogP) is 0.756. The van der Waals surface area contributed by atoms with E-state index in [0.717, 1.165) is 12.2 Å². The maximum absolute atomic E-state index is 11.3. The van der Waals surface area contributed by atoms with Crippen molar-refractivity contribution in [2.24, 2.45) is 12.8 Å². The molecule has 1 aromatic heterocycles. The molecule has 0 aliphatic heterocycles. The lowest BCUT2D eigenvalue weighted by atomic mass is 10.1. The smallest absolute Gasteiger partial charge is 0.250 e. The zero-order chi connectivity index (χ0) is 13.8. The molecule has 2 aromatic rings. The number of nitrogens with zero attached hydrogens (tertiary/aromatic N) is 2. The van der Waals surface area contributed by atoms with Crippen LogP contribution in [0.3, 0.4) is 0 Å². The van der Waals surface area contributed by atoms with E-state index in [2.05, 4.69) is 10.3 Å². The maximum atomic E-state index is 11.3. The van der Waals surface area contributed by atoms with Gasteiger partial charge < -0.3 is 21.4 Å². The number of hydrogen-bond donors (Lipinski definition) is 3. The van der Waals surface area contributed by atoms with Gasteiger partial charge in [-0.3, -0.25) is 4.79 Å². The molecule has 0 atom stereocenters. The van der Waals surface area contributed by atoms with Crippen molar-refractivity contribution in [1.29, 1.82) is 0 Å². The molecule has 100 valence electrons. The summed E-state index contributed by atoms with van der Waals surface area (Å²) in [6.45, 7) is 0.624. The predicted molar refractivity (Wildman–Crippen MR) is 74.8 cm³/mol. The topological polar surface area (TPSA) is 99.0 Å². The minimum atomic E-state index is -0.494. The number of carbonyl (C=O) groups excluding carboxylic acids is 1. The van der Waals surface area contributed by atoms with E-state index in [1.165, 1.54) is 0 Å². The molecule has 0 bridgehead atoms. The number of rotatable bonds is 5. The zero-order valence-electron chi connectivity index (χ0n) is 10.8. The maximum Gasteiger partial charge on any atom is 0.250 e. The fourth-order valence-corrected chi connectivity index (χ4v) is 1.91. The number of carbonyl (C=O) groups is 1. The number of aromatic nitrogens is 2. The number of para-hydroxylation sites is 1. The van der Waals surface area contributed by atoms with Gasteiger partial charge in [0.1, 0.15) is 5.82 Å². The molecule has 0 aliphatic carbocycles. The third-order valence-corrected chi connectivity index (χ3v) is 2.93. The van der Waals surface area contributed by atoms with Gasteiger partial charge >= 0.3 is 0 Å². The Balaban J connectivity index is 2.07. The fraction of sp³-hybridized carbons (Fsp3) is 0.231. The van der Waals surface area contributed by atoms with E-state index >= 15 is 0 Å². The summed E-state index contributed by atoms with van der Waals surface area (Å²) in [5, 5.41) is 3.15. The first kappa shape index (κ1) is 12.9. The molecule has 6 heteroatoms. The summed E-state index contributed by atoms with van der Waals surface area (Å²) < 4.78 is 1.95. The van der Waals surface area contributed by atoms with Crippen LogP contribution in [0.2, 0.25) is 0 Å². The average Bonchev–Trinajstić information content (AvgIpc) is 2.77. The van der Waals surface area contributed by atoms with Gasteiger partial charge in [0.05, 0.1) is 16.9 Å². The van der Waals surface area contributed by atoms with Crippen molar-refractivity contribution in [3.63, 3.8) is 0 Å². The monoisotopic (exact) mass is 259 g/mol. The molecule has 0 unspecified atom stereocenters. The van der Waals surface area contributed by atoms with Crippen LogP contribution in [0, 0.1) is 0 Å². The molecule has 5 N–H and O–H groups in total. The minimum Gasteiger partial charge on any atom is -0.397 e. The van der Waals surface area contributed by atoms with Gasteiger partial charge in [0.2, 0.25) is 0 Å². The molecule has 0 saturated carbocycles. The summed E-state index contributed by atoms with van der Waals surface area (Å²) in [5.41, 5.74) is 12.7. The highest BCUT2D eigenvalue weighted by Crippen LogP contribution is 2.22. The van der Waals surface area contributed by atoms with Crippen LogP contribution >= 0.6 is 0 Å². The number of amides is 1. The average molecular weight is 259 g/mol. The number of nitrogens with two attached hydrogens (primary N) is 2. The van der Waals surface area contributed by atoms with E-state index in [1.807, 2.05) is 17.8 Å². The Morgan fingerprint density at radius 2 is 2.26 bits per heavy atom. The Morgan fingerprint density at radius 1 is 1.47 bits per heavy atom. The number of anilines is 2. The number of primary amides is 1. The van der Waals surface area contributed by atoms with Crippen LogP contribution in [-0.2, 0) is 13.5 Å². The fourth-order valence-electron chi connectivity index (χ4n) is 1.91. The van der Waals surface area contributed by atoms with Crippen molar-refractivity contribution in [3.8, 4) is 0 Å². The van der Waals surface area contributed by atoms with Gasteiger partial charge in [0, 0.05) is 32.4 Å². The van der Waals surface area contributed by atoms with Gasteiger partial charge in [-0.25, -0.2) is 4.98 Å². The number of nitrogens with one attached hydrogen (secondary N) is 1. The summed E-state index contributed by atoms with van der Waals surface area (Å²) in [6.07, 6.45) is 4.37. The molecular formula is C13H17N5O. The van der Waals surface area contributed by atoms with E-state index in [9.17, 15) is 4.79 Å². The zero-order valence-corrected chi connectivity index (χ0v) is 10.8. The Hall–Kier alpha value is -2.50. The van der Waals surface area contributed by atoms with Gasteiger partial charge in [0.25, 0.3) is 5.91 Å². The van der Waals surface area contributed by atoms with E-state index in [4.69, 9.17) is 11.5 Å². The summed E-state index contributed by atoms with van der Waals surface area (Å²) in [6, 6.07) is 5.09. The highest BCUT2D eigenvalue weighted by Gasteiger charge is 2.10. The Morgan fingerprint density at radius 3 is 2.89 bits per heavy atom. The van der Waals surface area contributed by atoms with Gasteiger partial charge in [0.15, 0.2) is 0 Å². The first-order valence-electron chi connectivity index (χ1n) is 5.98. The molecule has 0 spiro atoms. The van der Waals surface area contributed by atoms with Crippen molar-refractivity contribution >= 4 is 17.3 Å². The van der Waals surface area contributed by atoms with E-state index in [0.29, 0.717) is 23.5 Å². The van der Waals surface area contributed by atoms with E-state index in [1.54, 1.807) is 24.4 Å². The highest BCUT2D eigenvalue weighted by atomic mass is 16.1. The van der Waals surface area contributed by atoms with Crippen molar-refractivity contribution < 1.29 is 4.79 Å². The lowest BCUT2D eigenvalue weighted by molar-refractivity contribution is 0.100. The molecule has 2 rings (SSSR count). The Bertz CT molecular complexity index is 590. The molecule has 6 nitrogen and oxygen atoms in total. The number of hydrogen-bond acceptors (Lipinski definition) is 4. The molecule has 0 saturated heterocycles. The summed E-state index contributed by atoms with van der Waals surface area (Å²) >= 11 is 0. The second kappa shape index (κ2) is 5.43. The second-order valence-corrected chi connectivity index (χ2v) is 4.27. The van der Waals surface area contributed by atoms with Gasteiger partial charge in [-0.15, -0.1) is 0 Å². The van der Waals surface area contributed by atoms with E-state index in [-0.39, 0.29) is 0 Å². The van der Waals surface area contributed by atoms with Gasteiger partial charge in [-0.1, -0.05) is 6.07 Å². The SMILES string of the molecule is Cn1ccnc1CCNc1c(N)cccc1C(N)=O. The molecule has 19 heavy (non-hydrogen) atoms. The number of aryl methyl sites for hydroxylation is 1. The lowest BCUT2D eigenvalue weighted by Gasteiger charge is -2.12. The summed E-state index contributed by atoms with van der Waals surface area (Å²) in [7, 11) is 1.94. The van der Waals surface area contributed by atoms with Crippen LogP contribution in [0.15, 0.2) is 30.6 Å². The summed E-state index contributed by atoms with van der Waals surface area (Å²) in [4.78, 5) is 15.6. The largest absolute Gasteiger partial charge is 0.397 e. The standard InChI is InChI=1S/C13H17N5O/c1-18-8-7-16-11(18)5-6-17-12-9(13(15)19)3-2-4-10(12)14/h2-4,7-8,17H,5-6,14H2,1H3,(H2,15,19). The lowest BCUT2D eigenvalue weighted by Crippen LogP contribution is -2.17. The van der Waals surface area contributed by atoms with Crippen LogP contribution < -0.4 is 16.8 Å². The van der Waals surface area contributed by atoms with Crippen LogP contribution in [0.5, 0.6) is 0 Å². The molecular weight excluding hydrogens is 242 g/mol. The van der Waals surface area contributed by atoms with Crippen LogP contribution in [0.25, 0.3) is 0 Å². The van der Waals surface area contributed by atoms with Crippen molar-refractivity contribution in [2.75, 3.05) is 17.6 Å². The minimum absolute atomic E-state index is 0.403. The normalized spacial score (nSPS) is 10.4. The van der Waals surface area contributed by atoms with Gasteiger partial charge in [-0.2, -0.15) is 0 Å². The third kappa shape index (κ3) is 2.85. The number of benzene rings is 1. The van der Waals surface area contributed by atoms with E-state index < -0.39 is 5.91 Å². The Kier molecular flexibility index (Phi) is 3.70. The van der Waals surface area contributed by atoms with Crippen molar-refractivity contribution in [3.05, 3.63) is 42.0 Å². The first-order valence-corrected chi connectivity index (χ1v) is 5.98. The van der Waals surface area contributed by atoms with Crippen LogP contribution in [0.1, 0.15) is 16.2 Å². The molecule has 0 radical (unpaired) electrons. The molecule has 1 amide bonds. The number of nitrogen functional groups attached to an aromatic ring is 1.